The zero-order valence-electron chi connectivity index (χ0n) is 12.3. The third-order valence-electron chi connectivity index (χ3n) is 3.18. The van der Waals surface area contributed by atoms with Crippen molar-refractivity contribution in [2.45, 2.75) is 0 Å². The van der Waals surface area contributed by atoms with E-state index in [2.05, 4.69) is 5.32 Å². The van der Waals surface area contributed by atoms with Crippen molar-refractivity contribution in [3.05, 3.63) is 67.6 Å². The summed E-state index contributed by atoms with van der Waals surface area (Å²) in [6.45, 7) is 0. The van der Waals surface area contributed by atoms with E-state index < -0.39 is 23.0 Å². The molecule has 2 aromatic rings. The lowest BCUT2D eigenvalue weighted by Crippen LogP contribution is -2.37. The molecule has 0 spiro atoms. The molecule has 120 valence electrons. The predicted molar refractivity (Wildman–Crippen MR) is 86.0 cm³/mol. The van der Waals surface area contributed by atoms with Crippen LogP contribution in [0.15, 0.2) is 39.9 Å². The van der Waals surface area contributed by atoms with E-state index in [4.69, 9.17) is 11.6 Å². The van der Waals surface area contributed by atoms with Gasteiger partial charge in [0.25, 0.3) is 5.56 Å². The molecule has 0 radical (unpaired) electrons. The second-order valence-electron chi connectivity index (χ2n) is 4.73. The van der Waals surface area contributed by atoms with Gasteiger partial charge in [-0.05, 0) is 18.2 Å². The van der Waals surface area contributed by atoms with E-state index in [1.54, 1.807) is 0 Å². The van der Waals surface area contributed by atoms with Crippen LogP contribution in [0.3, 0.4) is 0 Å². The molecule has 2 rings (SSSR count). The minimum absolute atomic E-state index is 0.0346. The van der Waals surface area contributed by atoms with Gasteiger partial charge in [-0.2, -0.15) is 0 Å². The number of aromatic nitrogens is 2. The van der Waals surface area contributed by atoms with Gasteiger partial charge in [-0.3, -0.25) is 18.7 Å². The highest BCUT2D eigenvalue weighted by atomic mass is 35.5. The molecule has 0 fully saturated rings. The third kappa shape index (κ3) is 3.57. The van der Waals surface area contributed by atoms with Crippen LogP contribution in [-0.4, -0.2) is 15.0 Å². The number of carbonyl (C=O) groups is 1. The van der Waals surface area contributed by atoms with Crippen molar-refractivity contribution in [2.24, 2.45) is 14.1 Å². The van der Waals surface area contributed by atoms with Crippen molar-refractivity contribution in [1.29, 1.82) is 0 Å². The minimum atomic E-state index is -0.632. The van der Waals surface area contributed by atoms with Gasteiger partial charge in [0.2, 0.25) is 5.91 Å². The minimum Gasteiger partial charge on any atom is -0.308 e. The Kier molecular flexibility index (Phi) is 4.80. The van der Waals surface area contributed by atoms with Crippen LogP contribution in [-0.2, 0) is 18.9 Å². The first-order valence-electron chi connectivity index (χ1n) is 6.51. The average molecular weight is 338 g/mol. The number of halogens is 2. The lowest BCUT2D eigenvalue weighted by Gasteiger charge is -2.09. The molecule has 0 bridgehead atoms. The van der Waals surface area contributed by atoms with E-state index in [0.717, 1.165) is 21.3 Å². The molecule has 23 heavy (non-hydrogen) atoms. The van der Waals surface area contributed by atoms with Crippen LogP contribution in [0.25, 0.3) is 6.08 Å². The number of rotatable bonds is 3. The molecule has 0 aliphatic rings. The molecule has 0 aliphatic carbocycles. The summed E-state index contributed by atoms with van der Waals surface area (Å²) in [6, 6.07) is 5.27. The molecule has 8 heteroatoms. The lowest BCUT2D eigenvalue weighted by molar-refractivity contribution is -0.111. The molecule has 0 unspecified atom stereocenters. The van der Waals surface area contributed by atoms with Crippen molar-refractivity contribution in [3.8, 4) is 0 Å². The number of amides is 1. The number of nitrogens with zero attached hydrogens (tertiary/aromatic N) is 2. The molecule has 1 heterocycles. The normalized spacial score (nSPS) is 11.0. The summed E-state index contributed by atoms with van der Waals surface area (Å²) in [6.07, 6.45) is 2.28. The van der Waals surface area contributed by atoms with Gasteiger partial charge in [-0.25, -0.2) is 9.18 Å². The fraction of sp³-hybridized carbons (Fsp3) is 0.133. The fourth-order valence-electron chi connectivity index (χ4n) is 1.85. The highest BCUT2D eigenvalue weighted by Crippen LogP contribution is 2.20. The maximum absolute atomic E-state index is 13.6. The summed E-state index contributed by atoms with van der Waals surface area (Å²) >= 11 is 5.84. The summed E-state index contributed by atoms with van der Waals surface area (Å²) in [7, 11) is 2.74. The molecule has 0 saturated carbocycles. The fourth-order valence-corrected chi connectivity index (χ4v) is 2.08. The molecule has 0 atom stereocenters. The second-order valence-corrected chi connectivity index (χ2v) is 5.13. The van der Waals surface area contributed by atoms with Crippen LogP contribution in [0.4, 0.5) is 10.2 Å². The van der Waals surface area contributed by atoms with Crippen LogP contribution in [0.1, 0.15) is 5.56 Å². The molecule has 1 amide bonds. The molecular weight excluding hydrogens is 325 g/mol. The Morgan fingerprint density at radius 3 is 2.61 bits per heavy atom. The molecule has 1 aromatic heterocycles. The maximum atomic E-state index is 13.6. The van der Waals surface area contributed by atoms with Crippen LogP contribution in [0, 0.1) is 5.82 Å². The Morgan fingerprint density at radius 2 is 1.96 bits per heavy atom. The van der Waals surface area contributed by atoms with Gasteiger partial charge in [0.1, 0.15) is 11.6 Å². The van der Waals surface area contributed by atoms with Crippen LogP contribution >= 0.6 is 11.6 Å². The first kappa shape index (κ1) is 16.7. The molecular formula is C15H13ClFN3O3. The number of hydrogen-bond donors (Lipinski definition) is 1. The zero-order chi connectivity index (χ0) is 17.1. The van der Waals surface area contributed by atoms with Crippen molar-refractivity contribution in [2.75, 3.05) is 5.32 Å². The van der Waals surface area contributed by atoms with Crippen molar-refractivity contribution in [1.82, 2.24) is 9.13 Å². The van der Waals surface area contributed by atoms with Gasteiger partial charge in [0.05, 0.1) is 5.02 Å². The van der Waals surface area contributed by atoms with Gasteiger partial charge in [0.15, 0.2) is 0 Å². The van der Waals surface area contributed by atoms with Crippen LogP contribution < -0.4 is 16.6 Å². The highest BCUT2D eigenvalue weighted by molar-refractivity contribution is 6.32. The van der Waals surface area contributed by atoms with Gasteiger partial charge in [0, 0.05) is 31.8 Å². The van der Waals surface area contributed by atoms with Crippen LogP contribution in [0.2, 0.25) is 5.02 Å². The number of nitrogens with one attached hydrogen (secondary N) is 1. The number of hydrogen-bond acceptors (Lipinski definition) is 3. The summed E-state index contributed by atoms with van der Waals surface area (Å²) in [5.74, 6) is -1.16. The SMILES string of the molecule is Cn1c(NC(=O)/C=C/c2c(F)cccc2Cl)cc(=O)n(C)c1=O. The molecule has 1 N–H and O–H groups in total. The number of carbonyl (C=O) groups excluding carboxylic acids is 1. The molecule has 0 saturated heterocycles. The Labute approximate surface area is 135 Å². The lowest BCUT2D eigenvalue weighted by atomic mass is 10.2. The maximum Gasteiger partial charge on any atom is 0.332 e. The van der Waals surface area contributed by atoms with E-state index >= 15 is 0 Å². The van der Waals surface area contributed by atoms with Crippen molar-refractivity contribution < 1.29 is 9.18 Å². The van der Waals surface area contributed by atoms with Gasteiger partial charge < -0.3 is 5.32 Å². The summed E-state index contributed by atoms with van der Waals surface area (Å²) in [5.41, 5.74) is -1.05. The average Bonchev–Trinajstić information content (AvgIpc) is 2.50. The Balaban J connectivity index is 2.26. The monoisotopic (exact) mass is 337 g/mol. The van der Waals surface area contributed by atoms with Gasteiger partial charge >= 0.3 is 5.69 Å². The zero-order valence-corrected chi connectivity index (χ0v) is 13.1. The first-order chi connectivity index (χ1) is 10.8. The largest absolute Gasteiger partial charge is 0.332 e. The third-order valence-corrected chi connectivity index (χ3v) is 3.51. The predicted octanol–water partition coefficient (Wildman–Crippen LogP) is 1.53. The molecule has 1 aromatic carbocycles. The Morgan fingerprint density at radius 1 is 1.26 bits per heavy atom. The Hall–Kier alpha value is -2.67. The standard InChI is InChI=1S/C15H13ClFN3O3/c1-19-12(8-14(22)20(2)15(19)23)18-13(21)7-6-9-10(16)4-3-5-11(9)17/h3-8H,1-2H3,(H,18,21)/b7-6+. The summed E-state index contributed by atoms with van der Waals surface area (Å²) in [5, 5.41) is 2.55. The second kappa shape index (κ2) is 6.62. The van der Waals surface area contributed by atoms with Crippen LogP contribution in [0.5, 0.6) is 0 Å². The molecule has 6 nitrogen and oxygen atoms in total. The topological polar surface area (TPSA) is 73.1 Å². The van der Waals surface area contributed by atoms with Gasteiger partial charge in [-0.1, -0.05) is 17.7 Å². The van der Waals surface area contributed by atoms with E-state index in [1.165, 1.54) is 38.4 Å². The highest BCUT2D eigenvalue weighted by Gasteiger charge is 2.08. The van der Waals surface area contributed by atoms with Crippen molar-refractivity contribution >= 4 is 29.4 Å². The number of anilines is 1. The quantitative estimate of drug-likeness (QED) is 0.863. The van der Waals surface area contributed by atoms with Gasteiger partial charge in [-0.15, -0.1) is 0 Å². The first-order valence-corrected chi connectivity index (χ1v) is 6.89. The van der Waals surface area contributed by atoms with E-state index in [1.807, 2.05) is 0 Å². The number of benzene rings is 1. The van der Waals surface area contributed by atoms with E-state index in [9.17, 15) is 18.8 Å². The van der Waals surface area contributed by atoms with E-state index in [-0.39, 0.29) is 16.4 Å². The van der Waals surface area contributed by atoms with E-state index in [0.29, 0.717) is 0 Å². The smallest absolute Gasteiger partial charge is 0.308 e. The summed E-state index contributed by atoms with van der Waals surface area (Å²) < 4.78 is 15.6. The van der Waals surface area contributed by atoms with Crippen molar-refractivity contribution in [3.63, 3.8) is 0 Å². The molecule has 0 aliphatic heterocycles. The Bertz CT molecular complexity index is 895. The summed E-state index contributed by atoms with van der Waals surface area (Å²) in [4.78, 5) is 35.2.